The number of hydrogen-bond donors (Lipinski definition) is 1. The van der Waals surface area contributed by atoms with E-state index in [9.17, 15) is 9.90 Å². The van der Waals surface area contributed by atoms with Gasteiger partial charge in [0.1, 0.15) is 5.75 Å². The van der Waals surface area contributed by atoms with Gasteiger partial charge >= 0.3 is 5.97 Å². The van der Waals surface area contributed by atoms with Crippen molar-refractivity contribution >= 4 is 5.97 Å². The fraction of sp³-hybridized carbons (Fsp3) is 0.235. The summed E-state index contributed by atoms with van der Waals surface area (Å²) in [5.41, 5.74) is 2.42. The second-order valence-electron chi connectivity index (χ2n) is 4.62. The van der Waals surface area contributed by atoms with Crippen LogP contribution in [-0.2, 0) is 4.74 Å². The molecule has 0 amide bonds. The molecule has 0 unspecified atom stereocenters. The summed E-state index contributed by atoms with van der Waals surface area (Å²) in [6.07, 6.45) is 1.88. The van der Waals surface area contributed by atoms with Crippen LogP contribution < -0.4 is 0 Å². The fourth-order valence-electron chi connectivity index (χ4n) is 1.87. The van der Waals surface area contributed by atoms with Crippen molar-refractivity contribution in [1.82, 2.24) is 0 Å². The summed E-state index contributed by atoms with van der Waals surface area (Å²) >= 11 is 0. The molecule has 3 heteroatoms. The average molecular weight is 270 g/mol. The van der Waals surface area contributed by atoms with E-state index in [0.717, 1.165) is 24.0 Å². The van der Waals surface area contributed by atoms with Crippen molar-refractivity contribution in [2.24, 2.45) is 0 Å². The van der Waals surface area contributed by atoms with Crippen molar-refractivity contribution in [1.29, 1.82) is 0 Å². The number of phenolic OH excluding ortho intramolecular Hbond substituents is 1. The van der Waals surface area contributed by atoms with Crippen LogP contribution in [0.5, 0.6) is 5.75 Å². The number of aromatic hydroxyl groups is 1. The van der Waals surface area contributed by atoms with Gasteiger partial charge in [0.05, 0.1) is 12.2 Å². The molecule has 0 aliphatic rings. The van der Waals surface area contributed by atoms with Gasteiger partial charge in [0.15, 0.2) is 0 Å². The number of phenols is 1. The van der Waals surface area contributed by atoms with E-state index in [1.165, 1.54) is 0 Å². The lowest BCUT2D eigenvalue weighted by atomic mass is 10.0. The van der Waals surface area contributed by atoms with E-state index < -0.39 is 0 Å². The van der Waals surface area contributed by atoms with Gasteiger partial charge in [-0.1, -0.05) is 37.6 Å². The van der Waals surface area contributed by atoms with Crippen LogP contribution in [0.4, 0.5) is 0 Å². The van der Waals surface area contributed by atoms with Crippen molar-refractivity contribution < 1.29 is 14.6 Å². The minimum Gasteiger partial charge on any atom is -0.508 e. The molecule has 0 fully saturated rings. The summed E-state index contributed by atoms with van der Waals surface area (Å²) < 4.78 is 5.20. The molecule has 0 heterocycles. The molecule has 0 atom stereocenters. The van der Waals surface area contributed by atoms with Gasteiger partial charge < -0.3 is 9.84 Å². The Morgan fingerprint density at radius 1 is 1.10 bits per heavy atom. The van der Waals surface area contributed by atoms with Crippen LogP contribution in [0.25, 0.3) is 11.1 Å². The van der Waals surface area contributed by atoms with Gasteiger partial charge in [-0.05, 0) is 41.8 Å². The summed E-state index contributed by atoms with van der Waals surface area (Å²) in [6, 6.07) is 14.2. The summed E-state index contributed by atoms with van der Waals surface area (Å²) in [5, 5.41) is 9.29. The first-order valence-corrected chi connectivity index (χ1v) is 6.77. The Bertz CT molecular complexity index is 573. The van der Waals surface area contributed by atoms with Gasteiger partial charge in [-0.3, -0.25) is 0 Å². The highest BCUT2D eigenvalue weighted by molar-refractivity contribution is 5.91. The van der Waals surface area contributed by atoms with Gasteiger partial charge in [-0.25, -0.2) is 4.79 Å². The van der Waals surface area contributed by atoms with Crippen LogP contribution in [0.15, 0.2) is 48.5 Å². The largest absolute Gasteiger partial charge is 0.508 e. The van der Waals surface area contributed by atoms with Crippen LogP contribution in [0.1, 0.15) is 30.1 Å². The van der Waals surface area contributed by atoms with Gasteiger partial charge in [0.25, 0.3) is 0 Å². The monoisotopic (exact) mass is 270 g/mol. The van der Waals surface area contributed by atoms with E-state index >= 15 is 0 Å². The molecule has 0 aromatic heterocycles. The zero-order valence-electron chi connectivity index (χ0n) is 11.5. The van der Waals surface area contributed by atoms with Gasteiger partial charge in [0.2, 0.25) is 0 Å². The number of benzene rings is 2. The summed E-state index contributed by atoms with van der Waals surface area (Å²) in [5.74, 6) is -0.0667. The maximum Gasteiger partial charge on any atom is 0.338 e. The number of carbonyl (C=O) groups excluding carboxylic acids is 1. The van der Waals surface area contributed by atoms with E-state index in [-0.39, 0.29) is 11.7 Å². The third kappa shape index (κ3) is 3.60. The third-order valence-electron chi connectivity index (χ3n) is 3.03. The number of esters is 1. The van der Waals surface area contributed by atoms with Crippen LogP contribution in [-0.4, -0.2) is 17.7 Å². The number of ether oxygens (including phenoxy) is 1. The molecule has 0 aliphatic heterocycles. The van der Waals surface area contributed by atoms with E-state index in [4.69, 9.17) is 4.74 Å². The first-order valence-electron chi connectivity index (χ1n) is 6.77. The average Bonchev–Trinajstić information content (AvgIpc) is 2.48. The normalized spacial score (nSPS) is 10.2. The lowest BCUT2D eigenvalue weighted by Gasteiger charge is -2.06. The fourth-order valence-corrected chi connectivity index (χ4v) is 1.87. The molecule has 0 aliphatic carbocycles. The molecule has 1 N–H and O–H groups in total. The Kier molecular flexibility index (Phi) is 4.77. The zero-order chi connectivity index (χ0) is 14.4. The molecule has 2 aromatic rings. The highest BCUT2D eigenvalue weighted by Crippen LogP contribution is 2.23. The summed E-state index contributed by atoms with van der Waals surface area (Å²) in [6.45, 7) is 2.51. The Morgan fingerprint density at radius 2 is 1.85 bits per heavy atom. The topological polar surface area (TPSA) is 46.5 Å². The van der Waals surface area contributed by atoms with E-state index in [0.29, 0.717) is 12.2 Å². The molecule has 0 spiro atoms. The first-order chi connectivity index (χ1) is 9.70. The maximum absolute atomic E-state index is 11.9. The minimum atomic E-state index is -0.293. The lowest BCUT2D eigenvalue weighted by molar-refractivity contribution is 0.0500. The molecule has 20 heavy (non-hydrogen) atoms. The molecule has 104 valence electrons. The van der Waals surface area contributed by atoms with E-state index in [1.807, 2.05) is 24.3 Å². The summed E-state index contributed by atoms with van der Waals surface area (Å²) in [4.78, 5) is 11.9. The molecule has 2 aromatic carbocycles. The Morgan fingerprint density at radius 3 is 2.55 bits per heavy atom. The third-order valence-corrected chi connectivity index (χ3v) is 3.03. The van der Waals surface area contributed by atoms with Crippen molar-refractivity contribution in [2.45, 2.75) is 19.8 Å². The summed E-state index contributed by atoms with van der Waals surface area (Å²) in [7, 11) is 0. The quantitative estimate of drug-likeness (QED) is 0.659. The van der Waals surface area contributed by atoms with Crippen LogP contribution in [0.3, 0.4) is 0 Å². The maximum atomic E-state index is 11.9. The Labute approximate surface area is 118 Å². The smallest absolute Gasteiger partial charge is 0.338 e. The number of carbonyl (C=O) groups is 1. The van der Waals surface area contributed by atoms with Crippen molar-refractivity contribution in [3.63, 3.8) is 0 Å². The van der Waals surface area contributed by atoms with Crippen LogP contribution >= 0.6 is 0 Å². The van der Waals surface area contributed by atoms with E-state index in [1.54, 1.807) is 24.3 Å². The molecule has 0 radical (unpaired) electrons. The van der Waals surface area contributed by atoms with Crippen LogP contribution in [0, 0.1) is 0 Å². The lowest BCUT2D eigenvalue weighted by Crippen LogP contribution is -2.06. The van der Waals surface area contributed by atoms with Crippen LogP contribution in [0.2, 0.25) is 0 Å². The second kappa shape index (κ2) is 6.75. The molecule has 0 saturated heterocycles. The van der Waals surface area contributed by atoms with Crippen molar-refractivity contribution in [3.05, 3.63) is 54.1 Å². The van der Waals surface area contributed by atoms with Gasteiger partial charge in [-0.15, -0.1) is 0 Å². The number of unbranched alkanes of at least 4 members (excludes halogenated alkanes) is 1. The highest BCUT2D eigenvalue weighted by Gasteiger charge is 2.08. The second-order valence-corrected chi connectivity index (χ2v) is 4.62. The molecule has 0 bridgehead atoms. The molecule has 0 saturated carbocycles. The van der Waals surface area contributed by atoms with Crippen molar-refractivity contribution in [3.8, 4) is 16.9 Å². The Balaban J connectivity index is 2.15. The van der Waals surface area contributed by atoms with Gasteiger partial charge in [0, 0.05) is 0 Å². The molecule has 3 nitrogen and oxygen atoms in total. The predicted molar refractivity (Wildman–Crippen MR) is 78.7 cm³/mol. The highest BCUT2D eigenvalue weighted by atomic mass is 16.5. The zero-order valence-corrected chi connectivity index (χ0v) is 11.5. The van der Waals surface area contributed by atoms with Crippen molar-refractivity contribution in [2.75, 3.05) is 6.61 Å². The number of hydrogen-bond acceptors (Lipinski definition) is 3. The Hall–Kier alpha value is -2.29. The van der Waals surface area contributed by atoms with E-state index in [2.05, 4.69) is 6.92 Å². The standard InChI is InChI=1S/C17H18O3/c1-2-3-11-20-17(19)15-6-4-5-14(12-15)13-7-9-16(18)10-8-13/h4-10,12,18H,2-3,11H2,1H3. The SMILES string of the molecule is CCCCOC(=O)c1cccc(-c2ccc(O)cc2)c1. The molecular formula is C17H18O3. The molecule has 2 rings (SSSR count). The predicted octanol–water partition coefficient (Wildman–Crippen LogP) is 4.02. The first kappa shape index (κ1) is 14.1. The van der Waals surface area contributed by atoms with Gasteiger partial charge in [-0.2, -0.15) is 0 Å². The number of rotatable bonds is 5. The minimum absolute atomic E-state index is 0.226. The molecular weight excluding hydrogens is 252 g/mol.